The standard InChI is InChI=1S/C14H21NO.3C2H6/c1-10-6-7-11(2)14(5,13(10)4)9-8-12(3)15-16;3*1-2/h6-10,13,16H,2H2,1,3-5H3;3*1-2H3/b9-8-,15-12-;;;. The topological polar surface area (TPSA) is 32.6 Å². The molecule has 1 N–H and O–H groups in total. The molecule has 2 heteroatoms. The molecule has 0 saturated carbocycles. The maximum Gasteiger partial charge on any atom is 0.0761 e. The molecule has 22 heavy (non-hydrogen) atoms. The number of nitrogens with zero attached hydrogens (tertiary/aromatic N) is 1. The number of hydrogen-bond acceptors (Lipinski definition) is 2. The van der Waals surface area contributed by atoms with Gasteiger partial charge in [-0.2, -0.15) is 0 Å². The van der Waals surface area contributed by atoms with Crippen molar-refractivity contribution in [3.05, 3.63) is 36.5 Å². The minimum Gasteiger partial charge on any atom is -0.411 e. The molecular formula is C20H39NO. The summed E-state index contributed by atoms with van der Waals surface area (Å²) in [6.45, 7) is 24.5. The molecule has 0 saturated heterocycles. The van der Waals surface area contributed by atoms with E-state index in [1.807, 2.05) is 47.6 Å². The summed E-state index contributed by atoms with van der Waals surface area (Å²) in [6.07, 6.45) is 8.25. The highest BCUT2D eigenvalue weighted by Crippen LogP contribution is 2.44. The summed E-state index contributed by atoms with van der Waals surface area (Å²) in [7, 11) is 0. The molecule has 0 bridgehead atoms. The molecule has 130 valence electrons. The van der Waals surface area contributed by atoms with Crippen LogP contribution in [0.5, 0.6) is 0 Å². The van der Waals surface area contributed by atoms with Gasteiger partial charge in [0.1, 0.15) is 0 Å². The quantitative estimate of drug-likeness (QED) is 0.337. The lowest BCUT2D eigenvalue weighted by atomic mass is 9.64. The molecule has 0 fully saturated rings. The Morgan fingerprint density at radius 3 is 2.05 bits per heavy atom. The fourth-order valence-corrected chi connectivity index (χ4v) is 2.04. The van der Waals surface area contributed by atoms with Crippen molar-refractivity contribution in [3.63, 3.8) is 0 Å². The smallest absolute Gasteiger partial charge is 0.0761 e. The zero-order valence-corrected chi connectivity index (χ0v) is 16.6. The molecule has 0 aromatic heterocycles. The fourth-order valence-electron chi connectivity index (χ4n) is 2.04. The van der Waals surface area contributed by atoms with Crippen LogP contribution in [-0.2, 0) is 0 Å². The second kappa shape index (κ2) is 14.6. The van der Waals surface area contributed by atoms with Crippen molar-refractivity contribution in [1.29, 1.82) is 0 Å². The van der Waals surface area contributed by atoms with Crippen molar-refractivity contribution in [1.82, 2.24) is 0 Å². The minimum absolute atomic E-state index is 0.0554. The fraction of sp³-hybridized carbons (Fsp3) is 0.650. The van der Waals surface area contributed by atoms with Crippen LogP contribution in [-0.4, -0.2) is 10.9 Å². The van der Waals surface area contributed by atoms with Gasteiger partial charge in [0.25, 0.3) is 0 Å². The zero-order chi connectivity index (χ0) is 18.3. The molecule has 1 aliphatic carbocycles. The lowest BCUT2D eigenvalue weighted by Crippen LogP contribution is -2.31. The van der Waals surface area contributed by atoms with E-state index in [4.69, 9.17) is 5.21 Å². The summed E-state index contributed by atoms with van der Waals surface area (Å²) in [4.78, 5) is 0. The second-order valence-corrected chi connectivity index (χ2v) is 4.89. The van der Waals surface area contributed by atoms with Crippen LogP contribution in [0.2, 0.25) is 0 Å². The summed E-state index contributed by atoms with van der Waals surface area (Å²) in [6, 6.07) is 0. The van der Waals surface area contributed by atoms with E-state index in [0.717, 1.165) is 5.57 Å². The first-order valence-electron chi connectivity index (χ1n) is 8.67. The highest BCUT2D eigenvalue weighted by atomic mass is 16.4. The first kappa shape index (κ1) is 25.6. The van der Waals surface area contributed by atoms with Crippen LogP contribution in [0.1, 0.15) is 69.2 Å². The van der Waals surface area contributed by atoms with Crippen molar-refractivity contribution < 1.29 is 5.21 Å². The van der Waals surface area contributed by atoms with Gasteiger partial charge < -0.3 is 5.21 Å². The van der Waals surface area contributed by atoms with Crippen molar-refractivity contribution in [2.24, 2.45) is 22.4 Å². The van der Waals surface area contributed by atoms with Crippen LogP contribution in [0.3, 0.4) is 0 Å². The number of hydrogen-bond donors (Lipinski definition) is 1. The molecule has 0 amide bonds. The Bertz CT molecular complexity index is 366. The van der Waals surface area contributed by atoms with Gasteiger partial charge in [0.05, 0.1) is 5.71 Å². The molecular weight excluding hydrogens is 270 g/mol. The Kier molecular flexibility index (Phi) is 17.0. The first-order chi connectivity index (χ1) is 10.4. The van der Waals surface area contributed by atoms with E-state index in [2.05, 4.69) is 50.7 Å². The Morgan fingerprint density at radius 2 is 1.64 bits per heavy atom. The SMILES string of the molecule is C=C1C=CC(C)C(C)C1(C)/C=C\C(C)=N/O.CC.CC.CC. The average molecular weight is 310 g/mol. The van der Waals surface area contributed by atoms with E-state index in [1.54, 1.807) is 6.92 Å². The van der Waals surface area contributed by atoms with Gasteiger partial charge in [-0.1, -0.05) is 92.3 Å². The Morgan fingerprint density at radius 1 is 1.18 bits per heavy atom. The summed E-state index contributed by atoms with van der Waals surface area (Å²) >= 11 is 0. The average Bonchev–Trinajstić information content (AvgIpc) is 2.60. The predicted octanol–water partition coefficient (Wildman–Crippen LogP) is 6.88. The first-order valence-corrected chi connectivity index (χ1v) is 8.67. The maximum absolute atomic E-state index is 8.63. The van der Waals surface area contributed by atoms with Crippen LogP contribution in [0.25, 0.3) is 0 Å². The van der Waals surface area contributed by atoms with Crippen LogP contribution in [0.4, 0.5) is 0 Å². The summed E-state index contributed by atoms with van der Waals surface area (Å²) in [5.74, 6) is 1.03. The van der Waals surface area contributed by atoms with E-state index in [9.17, 15) is 0 Å². The van der Waals surface area contributed by atoms with Gasteiger partial charge >= 0.3 is 0 Å². The molecule has 0 heterocycles. The van der Waals surface area contributed by atoms with Crippen molar-refractivity contribution >= 4 is 5.71 Å². The molecule has 2 nitrogen and oxygen atoms in total. The van der Waals surface area contributed by atoms with Crippen LogP contribution >= 0.6 is 0 Å². The van der Waals surface area contributed by atoms with Gasteiger partial charge in [0.2, 0.25) is 0 Å². The van der Waals surface area contributed by atoms with Gasteiger partial charge in [-0.3, -0.25) is 0 Å². The zero-order valence-electron chi connectivity index (χ0n) is 16.6. The normalized spacial score (nSPS) is 27.0. The Hall–Kier alpha value is -1.31. The van der Waals surface area contributed by atoms with Gasteiger partial charge in [-0.15, -0.1) is 0 Å². The molecule has 3 unspecified atom stereocenters. The third-order valence-corrected chi connectivity index (χ3v) is 3.86. The van der Waals surface area contributed by atoms with Crippen molar-refractivity contribution in [2.45, 2.75) is 69.2 Å². The number of allylic oxidation sites excluding steroid dienone is 5. The summed E-state index contributed by atoms with van der Waals surface area (Å²) < 4.78 is 0. The molecule has 1 rings (SSSR count). The highest BCUT2D eigenvalue weighted by Gasteiger charge is 2.35. The van der Waals surface area contributed by atoms with E-state index in [-0.39, 0.29) is 5.41 Å². The number of rotatable bonds is 2. The monoisotopic (exact) mass is 309 g/mol. The van der Waals surface area contributed by atoms with Gasteiger partial charge in [0.15, 0.2) is 0 Å². The van der Waals surface area contributed by atoms with Gasteiger partial charge in [-0.25, -0.2) is 0 Å². The molecule has 0 aliphatic heterocycles. The van der Waals surface area contributed by atoms with E-state index >= 15 is 0 Å². The third kappa shape index (κ3) is 7.63. The molecule has 1 aliphatic rings. The predicted molar refractivity (Wildman–Crippen MR) is 103 cm³/mol. The summed E-state index contributed by atoms with van der Waals surface area (Å²) in [5.41, 5.74) is 1.67. The van der Waals surface area contributed by atoms with Crippen LogP contribution in [0.15, 0.2) is 41.6 Å². The molecule has 0 aromatic carbocycles. The molecule has 3 atom stereocenters. The summed E-state index contributed by atoms with van der Waals surface area (Å²) in [5, 5.41) is 11.8. The maximum atomic E-state index is 8.63. The van der Waals surface area contributed by atoms with E-state index in [1.165, 1.54) is 0 Å². The molecule has 0 radical (unpaired) electrons. The van der Waals surface area contributed by atoms with Gasteiger partial charge in [0, 0.05) is 5.41 Å². The highest BCUT2D eigenvalue weighted by molar-refractivity contribution is 5.92. The van der Waals surface area contributed by atoms with Crippen LogP contribution < -0.4 is 0 Å². The van der Waals surface area contributed by atoms with Crippen molar-refractivity contribution in [2.75, 3.05) is 0 Å². The minimum atomic E-state index is -0.0554. The van der Waals surface area contributed by atoms with Crippen molar-refractivity contribution in [3.8, 4) is 0 Å². The van der Waals surface area contributed by atoms with E-state index < -0.39 is 0 Å². The number of oxime groups is 1. The van der Waals surface area contributed by atoms with Crippen LogP contribution in [0, 0.1) is 17.3 Å². The molecule has 0 spiro atoms. The Labute approximate surface area is 139 Å². The molecule has 0 aromatic rings. The Balaban J connectivity index is -0.000000535. The third-order valence-electron chi connectivity index (χ3n) is 3.86. The largest absolute Gasteiger partial charge is 0.411 e. The lowest BCUT2D eigenvalue weighted by molar-refractivity contribution is 0.267. The van der Waals surface area contributed by atoms with E-state index in [0.29, 0.717) is 17.5 Å². The lowest BCUT2D eigenvalue weighted by Gasteiger charge is -2.40. The van der Waals surface area contributed by atoms with Gasteiger partial charge in [-0.05, 0) is 30.4 Å². The second-order valence-electron chi connectivity index (χ2n) is 4.89.